The van der Waals surface area contributed by atoms with E-state index in [-0.39, 0.29) is 18.3 Å². The first-order valence-electron chi connectivity index (χ1n) is 3.14. The van der Waals surface area contributed by atoms with Crippen molar-refractivity contribution in [3.63, 3.8) is 0 Å². The maximum atomic E-state index is 10.8. The standard InChI is InChI=1S/C7H8N2O2/c1-2-3-7(10)11-6-4-5-8-9-6/h2,4-5H,1,3H2,(H,8,9). The summed E-state index contributed by atoms with van der Waals surface area (Å²) in [6.45, 7) is 3.40. The van der Waals surface area contributed by atoms with Gasteiger partial charge in [0.15, 0.2) is 0 Å². The number of ether oxygens (including phenoxy) is 1. The molecule has 1 N–H and O–H groups in total. The molecule has 4 nitrogen and oxygen atoms in total. The molecule has 0 aromatic carbocycles. The van der Waals surface area contributed by atoms with Crippen LogP contribution >= 0.6 is 0 Å². The molecule has 1 aromatic rings. The summed E-state index contributed by atoms with van der Waals surface area (Å²) in [6.07, 6.45) is 3.26. The normalized spacial score (nSPS) is 9.09. The van der Waals surface area contributed by atoms with Crippen LogP contribution < -0.4 is 4.74 Å². The van der Waals surface area contributed by atoms with Crippen LogP contribution in [0.4, 0.5) is 0 Å². The maximum Gasteiger partial charge on any atom is 0.316 e. The molecule has 1 rings (SSSR count). The molecule has 0 aliphatic carbocycles. The fourth-order valence-corrected chi connectivity index (χ4v) is 0.580. The number of esters is 1. The van der Waals surface area contributed by atoms with Crippen LogP contribution in [0, 0.1) is 0 Å². The molecule has 4 heteroatoms. The molecule has 0 atom stereocenters. The zero-order valence-electron chi connectivity index (χ0n) is 5.91. The number of aromatic amines is 1. The van der Waals surface area contributed by atoms with Gasteiger partial charge in [-0.3, -0.25) is 9.89 Å². The summed E-state index contributed by atoms with van der Waals surface area (Å²) in [6, 6.07) is 1.57. The first-order valence-corrected chi connectivity index (χ1v) is 3.14. The van der Waals surface area contributed by atoms with Crippen molar-refractivity contribution >= 4 is 5.97 Å². The molecule has 58 valence electrons. The molecule has 0 aliphatic rings. The average molecular weight is 152 g/mol. The number of carbonyl (C=O) groups is 1. The predicted octanol–water partition coefficient (Wildman–Crippen LogP) is 0.891. The van der Waals surface area contributed by atoms with Gasteiger partial charge >= 0.3 is 5.97 Å². The number of H-pyrrole nitrogens is 1. The second-order valence-electron chi connectivity index (χ2n) is 1.88. The van der Waals surface area contributed by atoms with E-state index in [0.29, 0.717) is 0 Å². The molecule has 1 aromatic heterocycles. The second-order valence-corrected chi connectivity index (χ2v) is 1.88. The number of carbonyl (C=O) groups excluding carboxylic acids is 1. The zero-order chi connectivity index (χ0) is 8.10. The second kappa shape index (κ2) is 3.55. The highest BCUT2D eigenvalue weighted by Crippen LogP contribution is 2.02. The third kappa shape index (κ3) is 2.25. The Bertz CT molecular complexity index is 241. The lowest BCUT2D eigenvalue weighted by Gasteiger charge is -1.94. The highest BCUT2D eigenvalue weighted by molar-refractivity contribution is 5.73. The Morgan fingerprint density at radius 2 is 2.73 bits per heavy atom. The van der Waals surface area contributed by atoms with Gasteiger partial charge in [-0.15, -0.1) is 11.7 Å². The van der Waals surface area contributed by atoms with E-state index in [1.54, 1.807) is 12.3 Å². The Labute approximate surface area is 63.9 Å². The van der Waals surface area contributed by atoms with Gasteiger partial charge in [0.25, 0.3) is 0 Å². The number of hydrogen-bond donors (Lipinski definition) is 1. The molecule has 0 fully saturated rings. The van der Waals surface area contributed by atoms with Crippen LogP contribution in [0.5, 0.6) is 5.88 Å². The third-order valence-corrected chi connectivity index (χ3v) is 1.00. The Morgan fingerprint density at radius 3 is 3.27 bits per heavy atom. The molecule has 0 bridgehead atoms. The average Bonchev–Trinajstić information content (AvgIpc) is 2.40. The van der Waals surface area contributed by atoms with Gasteiger partial charge in [0, 0.05) is 12.3 Å². The summed E-state index contributed by atoms with van der Waals surface area (Å²) in [5, 5.41) is 6.16. The van der Waals surface area contributed by atoms with E-state index in [0.717, 1.165) is 0 Å². The maximum absolute atomic E-state index is 10.8. The van der Waals surface area contributed by atoms with Crippen molar-refractivity contribution in [1.82, 2.24) is 10.2 Å². The fourth-order valence-electron chi connectivity index (χ4n) is 0.580. The smallest absolute Gasteiger partial charge is 0.316 e. The van der Waals surface area contributed by atoms with E-state index in [2.05, 4.69) is 16.8 Å². The molecule has 11 heavy (non-hydrogen) atoms. The number of nitrogens with zero attached hydrogens (tertiary/aromatic N) is 1. The minimum atomic E-state index is -0.355. The first kappa shape index (κ1) is 7.53. The lowest BCUT2D eigenvalue weighted by atomic mass is 10.4. The molecule has 0 spiro atoms. The van der Waals surface area contributed by atoms with E-state index in [9.17, 15) is 4.79 Å². The van der Waals surface area contributed by atoms with Gasteiger partial charge in [-0.25, -0.2) is 0 Å². The fraction of sp³-hybridized carbons (Fsp3) is 0.143. The summed E-state index contributed by atoms with van der Waals surface area (Å²) in [4.78, 5) is 10.8. The summed E-state index contributed by atoms with van der Waals surface area (Å²) in [5.74, 6) is -0.0658. The molecule has 1 heterocycles. The van der Waals surface area contributed by atoms with Crippen molar-refractivity contribution in [2.75, 3.05) is 0 Å². The van der Waals surface area contributed by atoms with Gasteiger partial charge in [-0.05, 0) is 0 Å². The van der Waals surface area contributed by atoms with Crippen molar-refractivity contribution in [1.29, 1.82) is 0 Å². The predicted molar refractivity (Wildman–Crippen MR) is 39.0 cm³/mol. The van der Waals surface area contributed by atoms with Crippen molar-refractivity contribution in [3.8, 4) is 5.88 Å². The van der Waals surface area contributed by atoms with Gasteiger partial charge in [0.1, 0.15) is 0 Å². The molecule has 0 radical (unpaired) electrons. The summed E-state index contributed by atoms with van der Waals surface area (Å²) >= 11 is 0. The Hall–Kier alpha value is -1.58. The topological polar surface area (TPSA) is 55.0 Å². The van der Waals surface area contributed by atoms with Crippen molar-refractivity contribution < 1.29 is 9.53 Å². The monoisotopic (exact) mass is 152 g/mol. The van der Waals surface area contributed by atoms with Gasteiger partial charge in [-0.1, -0.05) is 6.08 Å². The number of hydrogen-bond acceptors (Lipinski definition) is 3. The summed E-state index contributed by atoms with van der Waals surface area (Å²) in [7, 11) is 0. The third-order valence-electron chi connectivity index (χ3n) is 1.00. The minimum absolute atomic E-state index is 0.201. The van der Waals surface area contributed by atoms with Crippen molar-refractivity contribution in [2.24, 2.45) is 0 Å². The molecule has 0 saturated carbocycles. The van der Waals surface area contributed by atoms with Crippen molar-refractivity contribution in [2.45, 2.75) is 6.42 Å². The summed E-state index contributed by atoms with van der Waals surface area (Å²) in [5.41, 5.74) is 0. The molecule has 0 unspecified atom stereocenters. The van der Waals surface area contributed by atoms with E-state index < -0.39 is 0 Å². The Balaban J connectivity index is 2.43. The number of aromatic nitrogens is 2. The molecule has 0 aliphatic heterocycles. The minimum Gasteiger partial charge on any atom is -0.406 e. The molecule has 0 amide bonds. The van der Waals surface area contributed by atoms with Crippen molar-refractivity contribution in [3.05, 3.63) is 24.9 Å². The van der Waals surface area contributed by atoms with E-state index in [4.69, 9.17) is 4.74 Å². The van der Waals surface area contributed by atoms with Gasteiger partial charge in [-0.2, -0.15) is 0 Å². The van der Waals surface area contributed by atoms with Crippen LogP contribution in [0.25, 0.3) is 0 Å². The highest BCUT2D eigenvalue weighted by Gasteiger charge is 2.01. The first-order chi connectivity index (χ1) is 5.33. The van der Waals surface area contributed by atoms with E-state index >= 15 is 0 Å². The lowest BCUT2D eigenvalue weighted by molar-refractivity contribution is -0.133. The molecule has 0 saturated heterocycles. The Morgan fingerprint density at radius 1 is 1.91 bits per heavy atom. The highest BCUT2D eigenvalue weighted by atomic mass is 16.5. The van der Waals surface area contributed by atoms with Gasteiger partial charge in [0.2, 0.25) is 5.88 Å². The van der Waals surface area contributed by atoms with Crippen LogP contribution in [0.3, 0.4) is 0 Å². The largest absolute Gasteiger partial charge is 0.406 e. The van der Waals surface area contributed by atoms with Gasteiger partial charge < -0.3 is 4.74 Å². The van der Waals surface area contributed by atoms with Crippen LogP contribution in [0.15, 0.2) is 24.9 Å². The Kier molecular flexibility index (Phi) is 2.43. The number of rotatable bonds is 3. The lowest BCUT2D eigenvalue weighted by Crippen LogP contribution is -2.05. The zero-order valence-corrected chi connectivity index (χ0v) is 5.91. The molecular formula is C7H8N2O2. The van der Waals surface area contributed by atoms with Gasteiger partial charge in [0.05, 0.1) is 6.42 Å². The summed E-state index contributed by atoms with van der Waals surface area (Å²) < 4.78 is 4.74. The van der Waals surface area contributed by atoms with Crippen LogP contribution in [-0.4, -0.2) is 16.2 Å². The van der Waals surface area contributed by atoms with E-state index in [1.165, 1.54) is 6.08 Å². The van der Waals surface area contributed by atoms with E-state index in [1.807, 2.05) is 0 Å². The van der Waals surface area contributed by atoms with Crippen LogP contribution in [0.2, 0.25) is 0 Å². The quantitative estimate of drug-likeness (QED) is 0.517. The SMILES string of the molecule is C=CCC(=O)Oc1cc[nH]n1. The molecular weight excluding hydrogens is 144 g/mol. The number of nitrogens with one attached hydrogen (secondary N) is 1. The van der Waals surface area contributed by atoms with Crippen LogP contribution in [0.1, 0.15) is 6.42 Å². The van der Waals surface area contributed by atoms with Crippen LogP contribution in [-0.2, 0) is 4.79 Å².